The van der Waals surface area contributed by atoms with Crippen molar-refractivity contribution in [2.24, 2.45) is 0 Å². The van der Waals surface area contributed by atoms with Gasteiger partial charge in [0.1, 0.15) is 0 Å². The van der Waals surface area contributed by atoms with Crippen molar-refractivity contribution in [3.8, 4) is 0 Å². The van der Waals surface area contributed by atoms with E-state index in [0.717, 1.165) is 9.35 Å². The Labute approximate surface area is 119 Å². The molecule has 1 aromatic rings. The summed E-state index contributed by atoms with van der Waals surface area (Å²) in [7, 11) is 1.69. The van der Waals surface area contributed by atoms with Crippen LogP contribution in [0.25, 0.3) is 0 Å². The van der Waals surface area contributed by atoms with Gasteiger partial charge in [-0.25, -0.2) is 0 Å². The van der Waals surface area contributed by atoms with Crippen molar-refractivity contribution in [3.05, 3.63) is 20.3 Å². The Morgan fingerprint density at radius 2 is 2.17 bits per heavy atom. The van der Waals surface area contributed by atoms with Gasteiger partial charge in [-0.05, 0) is 41.4 Å². The molecule has 0 aliphatic heterocycles. The Balaban J connectivity index is 2.54. The second-order valence-electron chi connectivity index (χ2n) is 3.85. The molecular formula is C12H16BrNO3S. The number of esters is 1. The van der Waals surface area contributed by atoms with E-state index in [-0.39, 0.29) is 18.3 Å². The van der Waals surface area contributed by atoms with E-state index in [1.807, 2.05) is 13.0 Å². The quantitative estimate of drug-likeness (QED) is 0.778. The largest absolute Gasteiger partial charge is 0.466 e. The van der Waals surface area contributed by atoms with Gasteiger partial charge in [0.15, 0.2) is 0 Å². The highest BCUT2D eigenvalue weighted by atomic mass is 79.9. The molecule has 0 spiro atoms. The topological polar surface area (TPSA) is 46.6 Å². The van der Waals surface area contributed by atoms with Crippen LogP contribution in [-0.2, 0) is 9.53 Å². The van der Waals surface area contributed by atoms with Gasteiger partial charge in [0, 0.05) is 13.6 Å². The van der Waals surface area contributed by atoms with Crippen LogP contribution in [0.4, 0.5) is 0 Å². The number of thiophene rings is 1. The Morgan fingerprint density at radius 3 is 2.67 bits per heavy atom. The summed E-state index contributed by atoms with van der Waals surface area (Å²) in [5, 5.41) is 0. The summed E-state index contributed by atoms with van der Waals surface area (Å²) in [4.78, 5) is 25.5. The molecule has 4 nitrogen and oxygen atoms in total. The molecule has 0 aromatic carbocycles. The minimum absolute atomic E-state index is 0.0712. The zero-order valence-corrected chi connectivity index (χ0v) is 13.1. The van der Waals surface area contributed by atoms with Crippen LogP contribution in [0.3, 0.4) is 0 Å². The fraction of sp³-hybridized carbons (Fsp3) is 0.500. The summed E-state index contributed by atoms with van der Waals surface area (Å²) in [6.07, 6.45) is 0.224. The average molecular weight is 334 g/mol. The molecule has 1 rings (SSSR count). The number of aryl methyl sites for hydroxylation is 1. The molecule has 0 aliphatic rings. The first-order chi connectivity index (χ1) is 8.45. The number of halogens is 1. The minimum atomic E-state index is -0.277. The molecule has 1 aromatic heterocycles. The van der Waals surface area contributed by atoms with Crippen LogP contribution in [0.15, 0.2) is 9.85 Å². The number of carbonyl (C=O) groups excluding carboxylic acids is 2. The number of carbonyl (C=O) groups is 2. The highest BCUT2D eigenvalue weighted by Crippen LogP contribution is 2.28. The van der Waals surface area contributed by atoms with Crippen molar-refractivity contribution in [1.82, 2.24) is 4.90 Å². The van der Waals surface area contributed by atoms with Gasteiger partial charge < -0.3 is 9.64 Å². The molecule has 0 bridgehead atoms. The highest BCUT2D eigenvalue weighted by Gasteiger charge is 2.16. The molecule has 0 saturated heterocycles. The second-order valence-corrected chi connectivity index (χ2v) is 6.22. The standard InChI is InChI=1S/C12H16BrNO3S/c1-4-17-10(15)5-6-14(3)12(16)9-7-8(2)11(13)18-9/h7H,4-6H2,1-3H3. The van der Waals surface area contributed by atoms with Crippen LogP contribution in [0.1, 0.15) is 28.6 Å². The Morgan fingerprint density at radius 1 is 1.50 bits per heavy atom. The van der Waals surface area contributed by atoms with Gasteiger partial charge in [-0.2, -0.15) is 0 Å². The third-order valence-corrected chi connectivity index (χ3v) is 4.50. The third-order valence-electron chi connectivity index (χ3n) is 2.37. The molecule has 0 atom stereocenters. The van der Waals surface area contributed by atoms with Gasteiger partial charge in [0.05, 0.1) is 21.7 Å². The van der Waals surface area contributed by atoms with Crippen molar-refractivity contribution in [1.29, 1.82) is 0 Å². The summed E-state index contributed by atoms with van der Waals surface area (Å²) in [6.45, 7) is 4.44. The van der Waals surface area contributed by atoms with Gasteiger partial charge in [-0.3, -0.25) is 9.59 Å². The second kappa shape index (κ2) is 6.89. The number of ether oxygens (including phenoxy) is 1. The molecule has 0 saturated carbocycles. The van der Waals surface area contributed by atoms with Crippen LogP contribution in [0.2, 0.25) is 0 Å². The molecule has 0 aliphatic carbocycles. The Kier molecular flexibility index (Phi) is 5.81. The summed E-state index contributed by atoms with van der Waals surface area (Å²) in [5.74, 6) is -0.348. The third kappa shape index (κ3) is 4.10. The molecule has 1 heterocycles. The van der Waals surface area contributed by atoms with Gasteiger partial charge in [-0.1, -0.05) is 0 Å². The van der Waals surface area contributed by atoms with E-state index in [2.05, 4.69) is 15.9 Å². The first kappa shape index (κ1) is 15.2. The Hall–Kier alpha value is -0.880. The predicted molar refractivity (Wildman–Crippen MR) is 75.0 cm³/mol. The molecule has 18 heavy (non-hydrogen) atoms. The molecule has 0 N–H and O–H groups in total. The summed E-state index contributed by atoms with van der Waals surface area (Å²) in [6, 6.07) is 1.85. The van der Waals surface area contributed by atoms with E-state index in [0.29, 0.717) is 18.0 Å². The van der Waals surface area contributed by atoms with Crippen LogP contribution in [0, 0.1) is 6.92 Å². The fourth-order valence-electron chi connectivity index (χ4n) is 1.35. The van der Waals surface area contributed by atoms with E-state index in [1.54, 1.807) is 14.0 Å². The van der Waals surface area contributed by atoms with E-state index >= 15 is 0 Å². The predicted octanol–water partition coefficient (Wildman–Crippen LogP) is 2.84. The van der Waals surface area contributed by atoms with E-state index in [4.69, 9.17) is 4.74 Å². The first-order valence-corrected chi connectivity index (χ1v) is 7.23. The molecular weight excluding hydrogens is 318 g/mol. The van der Waals surface area contributed by atoms with Crippen LogP contribution < -0.4 is 0 Å². The lowest BCUT2D eigenvalue weighted by Crippen LogP contribution is -2.28. The number of nitrogens with zero attached hydrogens (tertiary/aromatic N) is 1. The van der Waals surface area contributed by atoms with Crippen molar-refractivity contribution in [2.45, 2.75) is 20.3 Å². The highest BCUT2D eigenvalue weighted by molar-refractivity contribution is 9.11. The lowest BCUT2D eigenvalue weighted by atomic mass is 10.3. The monoisotopic (exact) mass is 333 g/mol. The zero-order valence-electron chi connectivity index (χ0n) is 10.7. The normalized spacial score (nSPS) is 10.2. The van der Waals surface area contributed by atoms with Crippen molar-refractivity contribution < 1.29 is 14.3 Å². The molecule has 100 valence electrons. The van der Waals surface area contributed by atoms with Crippen molar-refractivity contribution in [3.63, 3.8) is 0 Å². The van der Waals surface area contributed by atoms with Gasteiger partial charge in [0.25, 0.3) is 5.91 Å². The molecule has 0 unspecified atom stereocenters. The van der Waals surface area contributed by atoms with E-state index < -0.39 is 0 Å². The summed E-state index contributed by atoms with van der Waals surface area (Å²) >= 11 is 4.79. The van der Waals surface area contributed by atoms with Crippen LogP contribution >= 0.6 is 27.3 Å². The molecule has 0 fully saturated rings. The number of amides is 1. The van der Waals surface area contributed by atoms with Crippen molar-refractivity contribution >= 4 is 39.1 Å². The summed E-state index contributed by atoms with van der Waals surface area (Å²) in [5.41, 5.74) is 1.04. The molecule has 0 radical (unpaired) electrons. The van der Waals surface area contributed by atoms with Gasteiger partial charge in [0.2, 0.25) is 0 Å². The fourth-order valence-corrected chi connectivity index (χ4v) is 2.88. The van der Waals surface area contributed by atoms with Crippen molar-refractivity contribution in [2.75, 3.05) is 20.2 Å². The van der Waals surface area contributed by atoms with Crippen LogP contribution in [0.5, 0.6) is 0 Å². The smallest absolute Gasteiger partial charge is 0.307 e. The minimum Gasteiger partial charge on any atom is -0.466 e. The maximum Gasteiger partial charge on any atom is 0.307 e. The average Bonchev–Trinajstić information content (AvgIpc) is 2.66. The number of hydrogen-bond acceptors (Lipinski definition) is 4. The maximum absolute atomic E-state index is 12.0. The van der Waals surface area contributed by atoms with E-state index in [9.17, 15) is 9.59 Å². The van der Waals surface area contributed by atoms with Gasteiger partial charge in [-0.15, -0.1) is 11.3 Å². The Bertz CT molecular complexity index is 425. The summed E-state index contributed by atoms with van der Waals surface area (Å²) < 4.78 is 5.78. The lowest BCUT2D eigenvalue weighted by molar-refractivity contribution is -0.143. The lowest BCUT2D eigenvalue weighted by Gasteiger charge is -2.15. The number of hydrogen-bond donors (Lipinski definition) is 0. The molecule has 6 heteroatoms. The first-order valence-electron chi connectivity index (χ1n) is 5.62. The van der Waals surface area contributed by atoms with Gasteiger partial charge >= 0.3 is 5.97 Å². The molecule has 1 amide bonds. The zero-order chi connectivity index (χ0) is 13.7. The maximum atomic E-state index is 12.0. The van der Waals surface area contributed by atoms with E-state index in [1.165, 1.54) is 16.2 Å². The number of rotatable bonds is 5. The van der Waals surface area contributed by atoms with Crippen LogP contribution in [-0.4, -0.2) is 37.0 Å². The SMILES string of the molecule is CCOC(=O)CCN(C)C(=O)c1cc(C)c(Br)s1.